The fraction of sp³-hybridized carbons (Fsp3) is 0.556. The number of hydrogen-bond acceptors (Lipinski definition) is 4. The standard InChI is InChI=1S/C9H15O3PS/c1-3-11-13(10,12-4-2)7-9-5-6-14-8-9/h5-6,8H,3-4,7H2,1-2H3/i7D2. The van der Waals surface area contributed by atoms with Gasteiger partial charge in [0.25, 0.3) is 0 Å². The van der Waals surface area contributed by atoms with Gasteiger partial charge in [0.2, 0.25) is 0 Å². The van der Waals surface area contributed by atoms with Crippen molar-refractivity contribution in [3.63, 3.8) is 0 Å². The maximum Gasteiger partial charge on any atom is 0.335 e. The van der Waals surface area contributed by atoms with E-state index < -0.39 is 13.7 Å². The Morgan fingerprint density at radius 2 is 2.14 bits per heavy atom. The Morgan fingerprint density at radius 1 is 1.50 bits per heavy atom. The van der Waals surface area contributed by atoms with Gasteiger partial charge in [-0.1, -0.05) is 0 Å². The van der Waals surface area contributed by atoms with E-state index in [9.17, 15) is 4.57 Å². The summed E-state index contributed by atoms with van der Waals surface area (Å²) in [5.74, 6) is 0. The Labute approximate surface area is 91.4 Å². The summed E-state index contributed by atoms with van der Waals surface area (Å²) in [6, 6.07) is 1.59. The normalized spacial score (nSPS) is 15.0. The quantitative estimate of drug-likeness (QED) is 0.709. The second kappa shape index (κ2) is 5.66. The highest BCUT2D eigenvalue weighted by atomic mass is 32.1. The maximum absolute atomic E-state index is 12.3. The Kier molecular flexibility index (Phi) is 3.68. The van der Waals surface area contributed by atoms with Crippen LogP contribution in [0.2, 0.25) is 0 Å². The third kappa shape index (κ3) is 3.54. The van der Waals surface area contributed by atoms with Crippen LogP contribution in [0.5, 0.6) is 0 Å². The van der Waals surface area contributed by atoms with Gasteiger partial charge in [-0.3, -0.25) is 4.57 Å². The summed E-state index contributed by atoms with van der Waals surface area (Å²) in [7, 11) is -3.77. The van der Waals surface area contributed by atoms with Gasteiger partial charge in [-0.2, -0.15) is 11.3 Å². The zero-order chi connectivity index (χ0) is 12.2. The van der Waals surface area contributed by atoms with Crippen molar-refractivity contribution in [2.75, 3.05) is 13.2 Å². The van der Waals surface area contributed by atoms with Gasteiger partial charge in [-0.25, -0.2) is 0 Å². The molecular formula is C9H15O3PS. The van der Waals surface area contributed by atoms with E-state index in [-0.39, 0.29) is 13.2 Å². The second-order valence-corrected chi connectivity index (χ2v) is 4.97. The molecule has 1 aromatic rings. The first-order valence-corrected chi connectivity index (χ1v) is 6.88. The molecule has 0 aliphatic heterocycles. The van der Waals surface area contributed by atoms with Crippen molar-refractivity contribution in [1.29, 1.82) is 0 Å². The Hall–Kier alpha value is -0.150. The lowest BCUT2D eigenvalue weighted by Crippen LogP contribution is -1.98. The lowest BCUT2D eigenvalue weighted by Gasteiger charge is -2.15. The molecule has 1 aromatic heterocycles. The van der Waals surface area contributed by atoms with Crippen LogP contribution in [0, 0.1) is 0 Å². The fourth-order valence-corrected chi connectivity index (χ4v) is 2.94. The second-order valence-electron chi connectivity index (χ2n) is 2.46. The highest BCUT2D eigenvalue weighted by Crippen LogP contribution is 2.51. The first-order valence-electron chi connectivity index (χ1n) is 5.39. The van der Waals surface area contributed by atoms with Crippen molar-refractivity contribution < 1.29 is 16.4 Å². The first-order chi connectivity index (χ1) is 7.48. The Bertz CT molecular complexity index is 357. The van der Waals surface area contributed by atoms with Crippen molar-refractivity contribution in [1.82, 2.24) is 0 Å². The molecule has 0 saturated heterocycles. The molecule has 0 aromatic carbocycles. The van der Waals surface area contributed by atoms with Crippen LogP contribution in [-0.4, -0.2) is 13.2 Å². The van der Waals surface area contributed by atoms with Crippen LogP contribution in [0.15, 0.2) is 16.8 Å². The van der Waals surface area contributed by atoms with Gasteiger partial charge in [0, 0.05) is 2.74 Å². The van der Waals surface area contributed by atoms with E-state index in [0.717, 1.165) is 0 Å². The molecule has 0 aliphatic carbocycles. The summed E-state index contributed by atoms with van der Waals surface area (Å²) >= 11 is 1.35. The lowest BCUT2D eigenvalue weighted by molar-refractivity contribution is 0.219. The molecule has 0 amide bonds. The summed E-state index contributed by atoms with van der Waals surface area (Å²) in [6.45, 7) is 3.63. The largest absolute Gasteiger partial charge is 0.335 e. The molecule has 80 valence electrons. The van der Waals surface area contributed by atoms with Crippen LogP contribution in [0.3, 0.4) is 0 Å². The summed E-state index contributed by atoms with van der Waals surface area (Å²) in [4.78, 5) is 0. The van der Waals surface area contributed by atoms with Crippen LogP contribution >= 0.6 is 18.9 Å². The van der Waals surface area contributed by atoms with E-state index in [0.29, 0.717) is 5.56 Å². The minimum Gasteiger partial charge on any atom is -0.309 e. The number of rotatable bonds is 6. The average Bonchev–Trinajstić information content (AvgIpc) is 2.71. The Balaban J connectivity index is 3.06. The van der Waals surface area contributed by atoms with Crippen molar-refractivity contribution in [3.05, 3.63) is 22.4 Å². The fourth-order valence-electron chi connectivity index (χ4n) is 0.928. The predicted molar refractivity (Wildman–Crippen MR) is 58.9 cm³/mol. The SMILES string of the molecule is [2H]C([2H])(c1ccsc1)P(=O)(OCC)OCC. The van der Waals surface area contributed by atoms with Crippen LogP contribution in [0.25, 0.3) is 0 Å². The first kappa shape index (κ1) is 9.10. The summed E-state index contributed by atoms with van der Waals surface area (Å²) in [5.41, 5.74) is 0.336. The zero-order valence-corrected chi connectivity index (χ0v) is 9.94. The molecule has 3 nitrogen and oxygen atoms in total. The zero-order valence-electron chi connectivity index (χ0n) is 10.2. The maximum atomic E-state index is 12.3. The van der Waals surface area contributed by atoms with E-state index in [4.69, 9.17) is 11.8 Å². The van der Waals surface area contributed by atoms with Gasteiger partial charge in [0.15, 0.2) is 0 Å². The van der Waals surface area contributed by atoms with E-state index in [1.54, 1.807) is 30.7 Å². The molecule has 0 saturated carbocycles. The smallest absolute Gasteiger partial charge is 0.309 e. The highest BCUT2D eigenvalue weighted by Gasteiger charge is 2.23. The molecule has 0 spiro atoms. The molecule has 1 heterocycles. The van der Waals surface area contributed by atoms with Gasteiger partial charge >= 0.3 is 7.60 Å². The lowest BCUT2D eigenvalue weighted by atomic mass is 10.4. The third-order valence-electron chi connectivity index (χ3n) is 1.39. The molecule has 0 atom stereocenters. The topological polar surface area (TPSA) is 35.5 Å². The molecule has 0 radical (unpaired) electrons. The molecule has 0 bridgehead atoms. The van der Waals surface area contributed by atoms with Crippen LogP contribution in [0.4, 0.5) is 0 Å². The summed E-state index contributed by atoms with van der Waals surface area (Å²) in [6.07, 6.45) is -2.10. The van der Waals surface area contributed by atoms with Crippen molar-refractivity contribution in [2.24, 2.45) is 0 Å². The van der Waals surface area contributed by atoms with E-state index in [1.807, 2.05) is 0 Å². The van der Waals surface area contributed by atoms with Crippen LogP contribution in [0.1, 0.15) is 22.2 Å². The van der Waals surface area contributed by atoms with E-state index in [2.05, 4.69) is 0 Å². The monoisotopic (exact) mass is 236 g/mol. The van der Waals surface area contributed by atoms with Crippen LogP contribution in [-0.2, 0) is 19.7 Å². The predicted octanol–water partition coefficient (Wildman–Crippen LogP) is 3.51. The molecule has 1 rings (SSSR count). The van der Waals surface area contributed by atoms with Gasteiger partial charge in [-0.15, -0.1) is 0 Å². The van der Waals surface area contributed by atoms with Gasteiger partial charge in [-0.05, 0) is 36.2 Å². The molecule has 0 unspecified atom stereocenters. The summed E-state index contributed by atoms with van der Waals surface area (Å²) < 4.78 is 38.2. The van der Waals surface area contributed by atoms with Gasteiger partial charge in [0.05, 0.1) is 19.3 Å². The number of hydrogen-bond donors (Lipinski definition) is 0. The minimum absolute atomic E-state index is 0.154. The molecule has 5 heteroatoms. The molecule has 0 N–H and O–H groups in total. The minimum atomic E-state index is -3.77. The van der Waals surface area contributed by atoms with Crippen molar-refractivity contribution >= 4 is 18.9 Å². The molecule has 14 heavy (non-hydrogen) atoms. The molecule has 0 fully saturated rings. The van der Waals surface area contributed by atoms with Crippen molar-refractivity contribution in [2.45, 2.75) is 20.0 Å². The summed E-state index contributed by atoms with van der Waals surface area (Å²) in [5, 5.41) is 3.35. The van der Waals surface area contributed by atoms with Gasteiger partial charge < -0.3 is 9.05 Å². The molecular weight excluding hydrogens is 219 g/mol. The Morgan fingerprint density at radius 3 is 2.57 bits per heavy atom. The number of thiophene rings is 1. The van der Waals surface area contributed by atoms with Crippen molar-refractivity contribution in [3.8, 4) is 0 Å². The molecule has 0 aliphatic rings. The van der Waals surface area contributed by atoms with Crippen LogP contribution < -0.4 is 0 Å². The van der Waals surface area contributed by atoms with E-state index in [1.165, 1.54) is 11.3 Å². The average molecular weight is 236 g/mol. The van der Waals surface area contributed by atoms with Gasteiger partial charge in [0.1, 0.15) is 0 Å². The highest BCUT2D eigenvalue weighted by molar-refractivity contribution is 7.53. The van der Waals surface area contributed by atoms with E-state index >= 15 is 0 Å². The third-order valence-corrected chi connectivity index (χ3v) is 3.80.